The second kappa shape index (κ2) is 5.98. The quantitative estimate of drug-likeness (QED) is 0.759. The van der Waals surface area contributed by atoms with E-state index < -0.39 is 0 Å². The maximum atomic E-state index is 6.09. The lowest BCUT2D eigenvalue weighted by molar-refractivity contribution is 0.400. The van der Waals surface area contributed by atoms with Crippen molar-refractivity contribution in [2.24, 2.45) is 0 Å². The van der Waals surface area contributed by atoms with Crippen LogP contribution in [0.2, 0.25) is 5.02 Å². The van der Waals surface area contributed by atoms with Crippen LogP contribution in [-0.2, 0) is 0 Å². The lowest BCUT2D eigenvalue weighted by Gasteiger charge is -2.09. The molecule has 112 valence electrons. The number of rotatable bonds is 4. The summed E-state index contributed by atoms with van der Waals surface area (Å²) in [5.74, 6) is 2.13. The third-order valence-corrected chi connectivity index (χ3v) is 3.37. The molecule has 2 aromatic heterocycles. The van der Waals surface area contributed by atoms with Crippen LogP contribution in [0.1, 0.15) is 11.3 Å². The molecular weight excluding hydrogens is 304 g/mol. The Labute approximate surface area is 131 Å². The number of anilines is 4. The molecule has 0 unspecified atom stereocenters. The van der Waals surface area contributed by atoms with Gasteiger partial charge in [-0.15, -0.1) is 5.10 Å². The minimum Gasteiger partial charge on any atom is -0.360 e. The van der Waals surface area contributed by atoms with Crippen molar-refractivity contribution in [1.82, 2.24) is 20.3 Å². The van der Waals surface area contributed by atoms with E-state index in [4.69, 9.17) is 16.1 Å². The van der Waals surface area contributed by atoms with E-state index in [-0.39, 0.29) is 0 Å². The molecule has 3 rings (SSSR count). The summed E-state index contributed by atoms with van der Waals surface area (Å²) in [7, 11) is 0. The number of nitrogens with one attached hydrogen (secondary N) is 2. The first-order valence-corrected chi connectivity index (χ1v) is 6.92. The average molecular weight is 317 g/mol. The molecular formula is C14H13ClN6O. The van der Waals surface area contributed by atoms with Crippen LogP contribution in [0.4, 0.5) is 23.3 Å². The molecule has 7 nitrogen and oxygen atoms in total. The van der Waals surface area contributed by atoms with Gasteiger partial charge in [0, 0.05) is 16.8 Å². The maximum Gasteiger partial charge on any atom is 0.249 e. The minimum absolute atomic E-state index is 0.357. The molecule has 2 N–H and O–H groups in total. The Bertz CT molecular complexity index is 804. The van der Waals surface area contributed by atoms with Crippen LogP contribution in [-0.4, -0.2) is 20.3 Å². The lowest BCUT2D eigenvalue weighted by atomic mass is 10.2. The number of hydrogen-bond donors (Lipinski definition) is 2. The molecule has 22 heavy (non-hydrogen) atoms. The van der Waals surface area contributed by atoms with Crippen LogP contribution in [0.25, 0.3) is 0 Å². The number of aryl methyl sites for hydroxylation is 1. The Kier molecular flexibility index (Phi) is 3.88. The molecule has 0 radical (unpaired) electrons. The van der Waals surface area contributed by atoms with Crippen LogP contribution in [0.15, 0.2) is 35.0 Å². The predicted molar refractivity (Wildman–Crippen MR) is 83.8 cm³/mol. The molecule has 0 aliphatic carbocycles. The fraction of sp³-hybridized carbons (Fsp3) is 0.143. The SMILES string of the molecule is Cc1cc(Nc2cnnc(Nc3cccc(Cl)c3C)n2)no1. The standard InChI is InChI=1S/C14H13ClN6O/c1-8-6-12(21-22-8)18-13-7-16-20-14(19-13)17-11-5-3-4-10(15)9(11)2/h3-7H,1-2H3,(H2,17,18,19,20,21). The highest BCUT2D eigenvalue weighted by atomic mass is 35.5. The molecule has 8 heteroatoms. The number of halogens is 1. The largest absolute Gasteiger partial charge is 0.360 e. The van der Waals surface area contributed by atoms with Gasteiger partial charge in [-0.2, -0.15) is 10.1 Å². The van der Waals surface area contributed by atoms with Gasteiger partial charge in [-0.05, 0) is 31.5 Å². The first-order valence-electron chi connectivity index (χ1n) is 6.54. The third-order valence-electron chi connectivity index (χ3n) is 2.96. The first kappa shape index (κ1) is 14.3. The van der Waals surface area contributed by atoms with E-state index >= 15 is 0 Å². The van der Waals surface area contributed by atoms with Gasteiger partial charge in [0.05, 0.1) is 6.20 Å². The van der Waals surface area contributed by atoms with E-state index in [1.165, 1.54) is 6.20 Å². The monoisotopic (exact) mass is 316 g/mol. The van der Waals surface area contributed by atoms with Crippen LogP contribution < -0.4 is 10.6 Å². The predicted octanol–water partition coefficient (Wildman–Crippen LogP) is 3.62. The summed E-state index contributed by atoms with van der Waals surface area (Å²) in [6.45, 7) is 3.73. The second-order valence-corrected chi connectivity index (χ2v) is 5.06. The van der Waals surface area contributed by atoms with Crippen molar-refractivity contribution in [2.45, 2.75) is 13.8 Å². The highest BCUT2D eigenvalue weighted by Crippen LogP contribution is 2.25. The van der Waals surface area contributed by atoms with Crippen LogP contribution in [0, 0.1) is 13.8 Å². The summed E-state index contributed by atoms with van der Waals surface area (Å²) in [6, 6.07) is 7.33. The molecule has 2 heterocycles. The van der Waals surface area contributed by atoms with Crippen molar-refractivity contribution in [3.63, 3.8) is 0 Å². The molecule has 0 amide bonds. The Morgan fingerprint density at radius 3 is 2.77 bits per heavy atom. The second-order valence-electron chi connectivity index (χ2n) is 4.65. The van der Waals surface area contributed by atoms with E-state index in [2.05, 4.69) is 31.0 Å². The molecule has 0 fully saturated rings. The third kappa shape index (κ3) is 3.15. The van der Waals surface area contributed by atoms with Gasteiger partial charge in [-0.1, -0.05) is 22.8 Å². The normalized spacial score (nSPS) is 10.5. The average Bonchev–Trinajstić information content (AvgIpc) is 2.89. The smallest absolute Gasteiger partial charge is 0.249 e. The minimum atomic E-state index is 0.357. The zero-order chi connectivity index (χ0) is 15.5. The van der Waals surface area contributed by atoms with E-state index in [9.17, 15) is 0 Å². The van der Waals surface area contributed by atoms with Crippen molar-refractivity contribution < 1.29 is 4.52 Å². The van der Waals surface area contributed by atoms with Gasteiger partial charge in [0.15, 0.2) is 11.6 Å². The van der Waals surface area contributed by atoms with Crippen LogP contribution in [0.3, 0.4) is 0 Å². The van der Waals surface area contributed by atoms with Gasteiger partial charge in [-0.25, -0.2) is 0 Å². The van der Waals surface area contributed by atoms with Gasteiger partial charge >= 0.3 is 0 Å². The lowest BCUT2D eigenvalue weighted by Crippen LogP contribution is -2.03. The highest BCUT2D eigenvalue weighted by molar-refractivity contribution is 6.31. The zero-order valence-corrected chi connectivity index (χ0v) is 12.7. The summed E-state index contributed by atoms with van der Waals surface area (Å²) in [5, 5.41) is 18.5. The molecule has 0 saturated heterocycles. The van der Waals surface area contributed by atoms with E-state index in [0.717, 1.165) is 11.3 Å². The highest BCUT2D eigenvalue weighted by Gasteiger charge is 2.07. The summed E-state index contributed by atoms with van der Waals surface area (Å²) >= 11 is 6.09. The van der Waals surface area contributed by atoms with Gasteiger partial charge in [0.25, 0.3) is 0 Å². The molecule has 0 spiro atoms. The number of benzene rings is 1. The number of hydrogen-bond acceptors (Lipinski definition) is 7. The van der Waals surface area contributed by atoms with E-state index in [0.29, 0.717) is 28.4 Å². The fourth-order valence-electron chi connectivity index (χ4n) is 1.84. The van der Waals surface area contributed by atoms with Gasteiger partial charge in [0.2, 0.25) is 5.95 Å². The molecule has 0 saturated carbocycles. The Morgan fingerprint density at radius 2 is 2.00 bits per heavy atom. The zero-order valence-electron chi connectivity index (χ0n) is 12.0. The molecule has 0 bridgehead atoms. The summed E-state index contributed by atoms with van der Waals surface area (Å²) in [6.07, 6.45) is 1.50. The fourth-order valence-corrected chi connectivity index (χ4v) is 2.01. The molecule has 3 aromatic rings. The molecule has 1 aromatic carbocycles. The van der Waals surface area contributed by atoms with Crippen molar-refractivity contribution in [1.29, 1.82) is 0 Å². The Hall–Kier alpha value is -2.67. The summed E-state index contributed by atoms with van der Waals surface area (Å²) < 4.78 is 4.98. The van der Waals surface area contributed by atoms with Crippen molar-refractivity contribution in [2.75, 3.05) is 10.6 Å². The Balaban J connectivity index is 1.80. The van der Waals surface area contributed by atoms with Crippen LogP contribution >= 0.6 is 11.6 Å². The van der Waals surface area contributed by atoms with Gasteiger partial charge in [-0.3, -0.25) is 0 Å². The van der Waals surface area contributed by atoms with Crippen molar-refractivity contribution in [3.05, 3.63) is 46.8 Å². The van der Waals surface area contributed by atoms with E-state index in [1.807, 2.05) is 32.0 Å². The summed E-state index contributed by atoms with van der Waals surface area (Å²) in [5.41, 5.74) is 1.74. The maximum absolute atomic E-state index is 6.09. The first-order chi connectivity index (χ1) is 10.6. The Morgan fingerprint density at radius 1 is 1.14 bits per heavy atom. The van der Waals surface area contributed by atoms with Crippen molar-refractivity contribution in [3.8, 4) is 0 Å². The van der Waals surface area contributed by atoms with E-state index in [1.54, 1.807) is 6.07 Å². The van der Waals surface area contributed by atoms with Crippen molar-refractivity contribution >= 4 is 34.9 Å². The van der Waals surface area contributed by atoms with Gasteiger partial charge < -0.3 is 15.2 Å². The van der Waals surface area contributed by atoms with Gasteiger partial charge in [0.1, 0.15) is 5.76 Å². The van der Waals surface area contributed by atoms with Crippen LogP contribution in [0.5, 0.6) is 0 Å². The molecule has 0 atom stereocenters. The number of nitrogens with zero attached hydrogens (tertiary/aromatic N) is 4. The molecule has 0 aliphatic rings. The molecule has 0 aliphatic heterocycles. The summed E-state index contributed by atoms with van der Waals surface area (Å²) in [4.78, 5) is 4.32. The number of aromatic nitrogens is 4. The topological polar surface area (TPSA) is 88.8 Å².